The molecule has 4 aliphatic heterocycles. The molecule has 0 aliphatic carbocycles. The second-order valence-electron chi connectivity index (χ2n) is 8.25. The van der Waals surface area contributed by atoms with E-state index in [-0.39, 0.29) is 22.9 Å². The molecule has 2 saturated heterocycles. The molecule has 200 valence electrons. The lowest BCUT2D eigenvalue weighted by Gasteiger charge is -2.20. The van der Waals surface area contributed by atoms with Crippen LogP contribution in [-0.4, -0.2) is 94.6 Å². The molecule has 2 aromatic rings. The third-order valence-electron chi connectivity index (χ3n) is 5.95. The number of ether oxygens (including phenoxy) is 2. The average Bonchev–Trinajstić information content (AvgIpc) is 3.37. The van der Waals surface area contributed by atoms with Crippen molar-refractivity contribution in [1.82, 2.24) is 14.5 Å². The smallest absolute Gasteiger partial charge is 0.387 e. The Morgan fingerprint density at radius 3 is 2.17 bits per heavy atom. The molecule has 2 fully saturated rings. The van der Waals surface area contributed by atoms with Crippen molar-refractivity contribution < 1.29 is 66.7 Å². The van der Waals surface area contributed by atoms with Crippen LogP contribution in [-0.2, 0) is 32.0 Å². The van der Waals surface area contributed by atoms with Crippen LogP contribution >= 0.6 is 15.6 Å². The van der Waals surface area contributed by atoms with Gasteiger partial charge in [0.05, 0.1) is 13.2 Å². The van der Waals surface area contributed by atoms with Crippen LogP contribution in [0.5, 0.6) is 0 Å². The lowest BCUT2D eigenvalue weighted by atomic mass is 10.1. The standard InChI is InChI=1S/C15H22N6O13P2/c16-11-6-12-18-3-20(11)13-9(24)7(22)4(32-13)1-30-35(26,27)34-36(28,29)31-2-5-8(23)10(25)14(33-5)21(12)15(17)19-6/h3-5,7-10,13-14,16,22-25H,1-2H2,(H4,17,19,26,27,28,29)/p+1/t4-,5-,7-,8-,9-,10-,13-,14-/m1/s1. The Kier molecular flexibility index (Phi) is 6.37. The summed E-state index contributed by atoms with van der Waals surface area (Å²) in [6.07, 6.45) is -11.1. The predicted octanol–water partition coefficient (Wildman–Crippen LogP) is -3.61. The zero-order valence-electron chi connectivity index (χ0n) is 18.0. The minimum absolute atomic E-state index is 0.00508. The first kappa shape index (κ1) is 25.8. The molecule has 10 atom stereocenters. The molecule has 4 aliphatic rings. The van der Waals surface area contributed by atoms with Gasteiger partial charge < -0.3 is 51.2 Å². The molecule has 0 radical (unpaired) electrons. The highest BCUT2D eigenvalue weighted by atomic mass is 31.3. The zero-order chi connectivity index (χ0) is 26.2. The fraction of sp³-hybridized carbons (Fsp3) is 0.667. The number of aliphatic hydroxyl groups is 4. The minimum atomic E-state index is -5.27. The maximum absolute atomic E-state index is 12.2. The van der Waals surface area contributed by atoms with E-state index in [1.165, 1.54) is 0 Å². The van der Waals surface area contributed by atoms with Crippen molar-refractivity contribution in [2.45, 2.75) is 49.1 Å². The Labute approximate surface area is 200 Å². The summed E-state index contributed by atoms with van der Waals surface area (Å²) in [6, 6.07) is 0. The fourth-order valence-electron chi connectivity index (χ4n) is 4.18. The maximum Gasteiger partial charge on any atom is 0.481 e. The molecular formula is C15H23N6O13P2+. The van der Waals surface area contributed by atoms with E-state index in [4.69, 9.17) is 20.9 Å². The largest absolute Gasteiger partial charge is 0.481 e. The van der Waals surface area contributed by atoms with Crippen LogP contribution in [0.3, 0.4) is 0 Å². The van der Waals surface area contributed by atoms with E-state index in [2.05, 4.69) is 23.3 Å². The van der Waals surface area contributed by atoms with E-state index < -0.39 is 77.9 Å². The summed E-state index contributed by atoms with van der Waals surface area (Å²) in [7, 11) is -10.5. The second-order valence-corrected chi connectivity index (χ2v) is 11.3. The lowest BCUT2D eigenvalue weighted by Crippen LogP contribution is -2.48. The monoisotopic (exact) mass is 557 g/mol. The van der Waals surface area contributed by atoms with Gasteiger partial charge in [-0.3, -0.25) is 13.6 Å². The molecule has 21 heteroatoms. The van der Waals surface area contributed by atoms with Gasteiger partial charge in [-0.1, -0.05) is 4.98 Å². The van der Waals surface area contributed by atoms with E-state index >= 15 is 0 Å². The Morgan fingerprint density at radius 1 is 0.944 bits per heavy atom. The number of aliphatic hydroxyl groups excluding tert-OH is 4. The number of rotatable bonds is 0. The number of phosphoric acid groups is 2. The van der Waals surface area contributed by atoms with Crippen LogP contribution in [0.2, 0.25) is 0 Å². The first-order valence-electron chi connectivity index (χ1n) is 10.3. The topological polar surface area (TPSA) is 288 Å². The van der Waals surface area contributed by atoms with Gasteiger partial charge >= 0.3 is 15.6 Å². The van der Waals surface area contributed by atoms with E-state index in [1.807, 2.05) is 0 Å². The number of nitrogens with two attached hydrogens (primary N) is 2. The number of nitrogen functional groups attached to an aromatic ring is 2. The molecule has 2 unspecified atom stereocenters. The summed E-state index contributed by atoms with van der Waals surface area (Å²) < 4.78 is 51.2. The minimum Gasteiger partial charge on any atom is -0.387 e. The quantitative estimate of drug-likeness (QED) is 0.115. The van der Waals surface area contributed by atoms with Gasteiger partial charge in [-0.05, 0) is 0 Å². The third-order valence-corrected chi connectivity index (χ3v) is 8.55. The Balaban J connectivity index is 1.60. The van der Waals surface area contributed by atoms with Gasteiger partial charge in [0.25, 0.3) is 5.82 Å². The van der Waals surface area contributed by atoms with Crippen molar-refractivity contribution in [3.8, 4) is 0 Å². The van der Waals surface area contributed by atoms with Crippen LogP contribution in [0.4, 0.5) is 11.8 Å². The molecule has 10 N–H and O–H groups in total. The third kappa shape index (κ3) is 4.31. The molecule has 0 aromatic carbocycles. The zero-order valence-corrected chi connectivity index (χ0v) is 19.8. The van der Waals surface area contributed by atoms with Crippen molar-refractivity contribution in [3.63, 3.8) is 0 Å². The van der Waals surface area contributed by atoms with Crippen molar-refractivity contribution in [1.29, 1.82) is 0 Å². The number of phosphoric ester groups is 2. The van der Waals surface area contributed by atoms with E-state index in [0.717, 1.165) is 15.5 Å². The number of anilines is 2. The SMILES string of the molecule is Nc1nc2c(N)[n+]3cnc2n1[C@@H]1O[C@H](COP(=O)(O)OP(=O)(O)OC[C@H]2O[C@@H]3[C@H](O)[C@@H]2O)[C@@H](O)[C@H]1O. The van der Waals surface area contributed by atoms with Crippen molar-refractivity contribution in [2.75, 3.05) is 24.7 Å². The van der Waals surface area contributed by atoms with Gasteiger partial charge in [0.15, 0.2) is 11.7 Å². The van der Waals surface area contributed by atoms with Crippen LogP contribution in [0.15, 0.2) is 6.33 Å². The molecular weight excluding hydrogens is 534 g/mol. The number of imidazole rings is 1. The van der Waals surface area contributed by atoms with E-state index in [0.29, 0.717) is 0 Å². The predicted molar refractivity (Wildman–Crippen MR) is 111 cm³/mol. The Hall–Kier alpha value is -1.83. The summed E-state index contributed by atoms with van der Waals surface area (Å²) in [6.45, 7) is -1.73. The number of hydrogen-bond acceptors (Lipinski definition) is 15. The van der Waals surface area contributed by atoms with Crippen LogP contribution in [0.1, 0.15) is 12.5 Å². The maximum atomic E-state index is 12.2. The summed E-state index contributed by atoms with van der Waals surface area (Å²) in [4.78, 5) is 28.0. The van der Waals surface area contributed by atoms with E-state index in [1.54, 1.807) is 0 Å². The lowest BCUT2D eigenvalue weighted by molar-refractivity contribution is -0.755. The number of nitrogens with zero attached hydrogens (tertiary/aromatic N) is 4. The Morgan fingerprint density at radius 2 is 1.53 bits per heavy atom. The van der Waals surface area contributed by atoms with Crippen molar-refractivity contribution in [3.05, 3.63) is 6.33 Å². The molecule has 19 nitrogen and oxygen atoms in total. The van der Waals surface area contributed by atoms with Gasteiger partial charge in [0.1, 0.15) is 36.6 Å². The second kappa shape index (κ2) is 8.88. The number of hydrogen-bond donors (Lipinski definition) is 8. The van der Waals surface area contributed by atoms with Crippen molar-refractivity contribution >= 4 is 38.6 Å². The van der Waals surface area contributed by atoms with E-state index in [9.17, 15) is 39.3 Å². The van der Waals surface area contributed by atoms with Crippen LogP contribution in [0, 0.1) is 0 Å². The molecule has 2 aromatic heterocycles. The van der Waals surface area contributed by atoms with Crippen LogP contribution < -0.4 is 16.0 Å². The summed E-state index contributed by atoms with van der Waals surface area (Å²) in [5.74, 6) is -0.371. The first-order chi connectivity index (χ1) is 16.8. The Bertz CT molecular complexity index is 1280. The average molecular weight is 557 g/mol. The number of aromatic nitrogens is 4. The molecule has 0 saturated carbocycles. The molecule has 6 rings (SSSR count). The molecule has 36 heavy (non-hydrogen) atoms. The van der Waals surface area contributed by atoms with Gasteiger partial charge in [0.2, 0.25) is 24.2 Å². The molecule has 8 bridgehead atoms. The van der Waals surface area contributed by atoms with Gasteiger partial charge in [0, 0.05) is 0 Å². The van der Waals surface area contributed by atoms with Crippen molar-refractivity contribution in [2.24, 2.45) is 0 Å². The molecule has 6 heterocycles. The summed E-state index contributed by atoms with van der Waals surface area (Å²) in [5, 5.41) is 41.8. The number of fused-ring (bicyclic) bond motifs is 7. The summed E-state index contributed by atoms with van der Waals surface area (Å²) in [5.41, 5.74) is 12.2. The normalized spacial score (nSPS) is 43.7. The molecule has 0 spiro atoms. The molecule has 0 amide bonds. The highest BCUT2D eigenvalue weighted by Crippen LogP contribution is 2.60. The van der Waals surface area contributed by atoms with Gasteiger partial charge in [-0.25, -0.2) is 18.7 Å². The fourth-order valence-corrected chi connectivity index (χ4v) is 6.27. The van der Waals surface area contributed by atoms with Gasteiger partial charge in [-0.2, -0.15) is 4.31 Å². The first-order valence-corrected chi connectivity index (χ1v) is 13.3. The summed E-state index contributed by atoms with van der Waals surface area (Å²) >= 11 is 0. The van der Waals surface area contributed by atoms with Gasteiger partial charge in [-0.15, -0.1) is 0 Å². The highest BCUT2D eigenvalue weighted by molar-refractivity contribution is 7.61. The van der Waals surface area contributed by atoms with Crippen LogP contribution in [0.25, 0.3) is 11.2 Å². The highest BCUT2D eigenvalue weighted by Gasteiger charge is 2.50.